The molecule has 0 aromatic carbocycles. The number of nitrogens with zero attached hydrogens (tertiary/aromatic N) is 6. The van der Waals surface area contributed by atoms with Crippen molar-refractivity contribution < 1.29 is 23.2 Å². The molecule has 16 nitrogen and oxygen atoms in total. The number of carbonyl (C=O) groups excluding carboxylic acids is 3. The fraction of sp³-hybridized carbons (Fsp3) is 0.351. The summed E-state index contributed by atoms with van der Waals surface area (Å²) in [7, 11) is 0. The Morgan fingerprint density at radius 1 is 0.830 bits per heavy atom. The van der Waals surface area contributed by atoms with Gasteiger partial charge in [-0.2, -0.15) is 5.26 Å². The molecule has 0 spiro atoms. The SMILES string of the molecule is CC(=O)c1cnc(-c2cnc3[nH]ccc3c2N[C@@H]2CCCN(C(=O)CC#N)C2)o1.CC(=O)c1cnc(-c2cnc3[nH]ccc3c2N[C@@H]2CCCNC2)o1. The lowest BCUT2D eigenvalue weighted by Crippen LogP contribution is -2.45. The van der Waals surface area contributed by atoms with E-state index in [1.807, 2.05) is 24.4 Å². The average Bonchev–Trinajstić information content (AvgIpc) is 4.00. The Morgan fingerprint density at radius 3 is 1.91 bits per heavy atom. The molecule has 1 amide bonds. The first kappa shape index (κ1) is 35.1. The number of piperidine rings is 2. The van der Waals surface area contributed by atoms with Crippen LogP contribution >= 0.6 is 0 Å². The van der Waals surface area contributed by atoms with Gasteiger partial charge in [-0.25, -0.2) is 19.9 Å². The van der Waals surface area contributed by atoms with Gasteiger partial charge in [0, 0.05) is 81.1 Å². The minimum Gasteiger partial charge on any atom is -0.433 e. The summed E-state index contributed by atoms with van der Waals surface area (Å²) in [6.07, 6.45) is 13.8. The number of pyridine rings is 2. The van der Waals surface area contributed by atoms with Gasteiger partial charge >= 0.3 is 0 Å². The van der Waals surface area contributed by atoms with Crippen LogP contribution in [0, 0.1) is 11.3 Å². The van der Waals surface area contributed by atoms with E-state index in [1.165, 1.54) is 26.2 Å². The Kier molecular flexibility index (Phi) is 10.3. The highest BCUT2D eigenvalue weighted by molar-refractivity contribution is 5.99. The molecule has 5 N–H and O–H groups in total. The summed E-state index contributed by atoms with van der Waals surface area (Å²) in [4.78, 5) is 60.5. The molecule has 8 heterocycles. The lowest BCUT2D eigenvalue weighted by atomic mass is 10.0. The molecule has 6 aromatic rings. The second-order valence-electron chi connectivity index (χ2n) is 13.1. The number of aromatic nitrogens is 6. The van der Waals surface area contributed by atoms with E-state index in [0.717, 1.165) is 72.1 Å². The average molecular weight is 718 g/mol. The van der Waals surface area contributed by atoms with Gasteiger partial charge in [0.25, 0.3) is 0 Å². The third-order valence-electron chi connectivity index (χ3n) is 9.34. The van der Waals surface area contributed by atoms with E-state index in [9.17, 15) is 14.4 Å². The molecule has 0 radical (unpaired) electrons. The van der Waals surface area contributed by atoms with E-state index in [0.29, 0.717) is 42.1 Å². The van der Waals surface area contributed by atoms with E-state index in [1.54, 1.807) is 23.5 Å². The molecular formula is C37H39N11O5. The number of hydrogen-bond donors (Lipinski definition) is 5. The van der Waals surface area contributed by atoms with Crippen LogP contribution in [0.15, 0.2) is 58.1 Å². The molecule has 2 fully saturated rings. The van der Waals surface area contributed by atoms with Gasteiger partial charge in [-0.15, -0.1) is 0 Å². The molecule has 53 heavy (non-hydrogen) atoms. The normalized spacial score (nSPS) is 17.2. The van der Waals surface area contributed by atoms with Crippen molar-refractivity contribution in [2.75, 3.05) is 36.8 Å². The Labute approximate surface area is 303 Å². The van der Waals surface area contributed by atoms with Crippen molar-refractivity contribution in [2.24, 2.45) is 0 Å². The fourth-order valence-corrected chi connectivity index (χ4v) is 6.66. The van der Waals surface area contributed by atoms with Crippen LogP contribution in [0.1, 0.15) is 67.1 Å². The highest BCUT2D eigenvalue weighted by atomic mass is 16.4. The van der Waals surface area contributed by atoms with E-state index >= 15 is 0 Å². The molecule has 16 heteroatoms. The quantitative estimate of drug-likeness (QED) is 0.120. The molecular weight excluding hydrogens is 678 g/mol. The number of aromatic amines is 2. The Balaban J connectivity index is 0.000000167. The largest absolute Gasteiger partial charge is 0.433 e. The lowest BCUT2D eigenvalue weighted by Gasteiger charge is -2.33. The standard InChI is InChI=1S/C20H20N6O3.C17H19N5O2/c1-12(27)16-10-24-20(29-16)15-9-23-19-14(5-7-22-19)18(15)25-13-3-2-8-26(11-13)17(28)4-6-21;1-10(23)14-9-21-17(24-14)13-8-20-16-12(4-6-19-16)15(13)22-11-3-2-5-18-7-11/h5,7,9-10,13H,2-4,8,11H2,1H3,(H2,22,23,25);4,6,8-9,11,18H,2-3,5,7H2,1H3,(H2,19,20,22)/t13-;11-/m11/s1. The summed E-state index contributed by atoms with van der Waals surface area (Å²) < 4.78 is 11.2. The zero-order chi connectivity index (χ0) is 36.9. The van der Waals surface area contributed by atoms with Crippen molar-refractivity contribution in [2.45, 2.75) is 58.0 Å². The third-order valence-corrected chi connectivity index (χ3v) is 9.34. The van der Waals surface area contributed by atoms with Gasteiger partial charge in [0.2, 0.25) is 17.7 Å². The van der Waals surface area contributed by atoms with Crippen molar-refractivity contribution in [3.8, 4) is 29.0 Å². The molecule has 0 unspecified atom stereocenters. The molecule has 8 rings (SSSR count). The molecule has 0 bridgehead atoms. The zero-order valence-corrected chi connectivity index (χ0v) is 29.4. The fourth-order valence-electron chi connectivity index (χ4n) is 6.66. The number of rotatable bonds is 9. The first-order chi connectivity index (χ1) is 25.8. The number of oxazole rings is 2. The molecule has 272 valence electrons. The van der Waals surface area contributed by atoms with Crippen LogP contribution in [0.5, 0.6) is 0 Å². The summed E-state index contributed by atoms with van der Waals surface area (Å²) in [5.41, 5.74) is 4.65. The second-order valence-corrected chi connectivity index (χ2v) is 13.1. The number of H-pyrrole nitrogens is 2. The first-order valence-corrected chi connectivity index (χ1v) is 17.5. The topological polar surface area (TPSA) is 224 Å². The van der Waals surface area contributed by atoms with Gasteiger partial charge in [-0.05, 0) is 44.4 Å². The van der Waals surface area contributed by atoms with Gasteiger partial charge in [0.15, 0.2) is 23.1 Å². The molecule has 0 aliphatic carbocycles. The molecule has 6 aromatic heterocycles. The van der Waals surface area contributed by atoms with Crippen LogP contribution in [0.3, 0.4) is 0 Å². The van der Waals surface area contributed by atoms with Crippen molar-refractivity contribution in [3.63, 3.8) is 0 Å². The second kappa shape index (κ2) is 15.5. The van der Waals surface area contributed by atoms with Gasteiger partial charge in [0.05, 0.1) is 41.0 Å². The van der Waals surface area contributed by atoms with Crippen molar-refractivity contribution in [3.05, 3.63) is 60.8 Å². The molecule has 2 saturated heterocycles. The highest BCUT2D eigenvalue weighted by Crippen LogP contribution is 2.36. The maximum Gasteiger partial charge on any atom is 0.236 e. The summed E-state index contributed by atoms with van der Waals surface area (Å²) >= 11 is 0. The summed E-state index contributed by atoms with van der Waals surface area (Å²) in [5, 5.41) is 21.2. The number of likely N-dealkylation sites (tertiary alicyclic amines) is 1. The Hall–Kier alpha value is -6.34. The van der Waals surface area contributed by atoms with Crippen LogP contribution in [-0.4, -0.2) is 90.5 Å². The number of hydrogen-bond acceptors (Lipinski definition) is 13. The van der Waals surface area contributed by atoms with Crippen LogP contribution in [0.4, 0.5) is 11.4 Å². The molecule has 2 aliphatic heterocycles. The van der Waals surface area contributed by atoms with E-state index in [4.69, 9.17) is 14.1 Å². The predicted molar refractivity (Wildman–Crippen MR) is 196 cm³/mol. The monoisotopic (exact) mass is 717 g/mol. The molecule has 0 saturated carbocycles. The third kappa shape index (κ3) is 7.65. The number of carbonyl (C=O) groups is 3. The summed E-state index contributed by atoms with van der Waals surface area (Å²) in [6.45, 7) is 6.03. The molecule has 2 aliphatic rings. The van der Waals surface area contributed by atoms with E-state index in [-0.39, 0.29) is 41.5 Å². The maximum atomic E-state index is 12.1. The minimum absolute atomic E-state index is 0.00730. The highest BCUT2D eigenvalue weighted by Gasteiger charge is 2.26. The Morgan fingerprint density at radius 2 is 1.40 bits per heavy atom. The van der Waals surface area contributed by atoms with Crippen LogP contribution in [0.2, 0.25) is 0 Å². The van der Waals surface area contributed by atoms with Crippen LogP contribution in [-0.2, 0) is 4.79 Å². The van der Waals surface area contributed by atoms with Crippen molar-refractivity contribution >= 4 is 50.9 Å². The van der Waals surface area contributed by atoms with E-state index in [2.05, 4.69) is 45.9 Å². The lowest BCUT2D eigenvalue weighted by molar-refractivity contribution is -0.131. The van der Waals surface area contributed by atoms with Crippen molar-refractivity contribution in [1.29, 1.82) is 5.26 Å². The first-order valence-electron chi connectivity index (χ1n) is 17.5. The Bertz CT molecular complexity index is 2310. The minimum atomic E-state index is -0.201. The maximum absolute atomic E-state index is 12.1. The zero-order valence-electron chi connectivity index (χ0n) is 29.4. The van der Waals surface area contributed by atoms with E-state index < -0.39 is 0 Å². The summed E-state index contributed by atoms with van der Waals surface area (Å²) in [6, 6.07) is 6.15. The number of ketones is 2. The van der Waals surface area contributed by atoms with Gasteiger partial charge in [-0.1, -0.05) is 0 Å². The number of amides is 1. The van der Waals surface area contributed by atoms with Gasteiger partial charge < -0.3 is 39.7 Å². The van der Waals surface area contributed by atoms with Gasteiger partial charge in [0.1, 0.15) is 17.7 Å². The summed E-state index contributed by atoms with van der Waals surface area (Å²) in [5.74, 6) is 0.655. The predicted octanol–water partition coefficient (Wildman–Crippen LogP) is 5.32. The number of fused-ring (bicyclic) bond motifs is 2. The van der Waals surface area contributed by atoms with Gasteiger partial charge in [-0.3, -0.25) is 14.4 Å². The smallest absolute Gasteiger partial charge is 0.236 e. The van der Waals surface area contributed by atoms with Crippen LogP contribution in [0.25, 0.3) is 45.0 Å². The number of Topliss-reactive ketones (excluding diaryl/α,β-unsaturated/α-hetero) is 2. The van der Waals surface area contributed by atoms with Crippen LogP contribution < -0.4 is 16.0 Å². The number of nitrogens with one attached hydrogen (secondary N) is 5. The number of anilines is 2. The number of nitriles is 1. The molecule has 2 atom stereocenters. The van der Waals surface area contributed by atoms with Crippen molar-refractivity contribution in [1.82, 2.24) is 40.1 Å².